The molecule has 1 heterocycles. The predicted octanol–water partition coefficient (Wildman–Crippen LogP) is 4.69. The first-order chi connectivity index (χ1) is 13.2. The maximum atomic E-state index is 12.4. The van der Waals surface area contributed by atoms with Gasteiger partial charge in [0, 0.05) is 18.4 Å². The molecular weight excluding hydrogens is 338 g/mol. The number of hydrogen-bond donors (Lipinski definition) is 1. The number of nitrogens with one attached hydrogen (secondary N) is 1. The maximum Gasteiger partial charge on any atom is 0.220 e. The van der Waals surface area contributed by atoms with Gasteiger partial charge in [-0.1, -0.05) is 24.3 Å². The fraction of sp³-hybridized carbons (Fsp3) is 0.261. The van der Waals surface area contributed by atoms with E-state index in [4.69, 9.17) is 9.15 Å². The first kappa shape index (κ1) is 17.4. The Hall–Kier alpha value is -3.01. The smallest absolute Gasteiger partial charge is 0.220 e. The van der Waals surface area contributed by atoms with Crippen molar-refractivity contribution < 1.29 is 13.9 Å². The third-order valence-electron chi connectivity index (χ3n) is 5.10. The van der Waals surface area contributed by atoms with Crippen LogP contribution in [0.1, 0.15) is 35.8 Å². The summed E-state index contributed by atoms with van der Waals surface area (Å²) in [6.45, 7) is 0. The SMILES string of the molecule is COc1ccc(-c2ccc(CCC(=O)NC3CCc4ccccc43)o2)cc1. The molecule has 0 radical (unpaired) electrons. The third kappa shape index (κ3) is 3.90. The van der Waals surface area contributed by atoms with Crippen molar-refractivity contribution in [3.05, 3.63) is 77.6 Å². The summed E-state index contributed by atoms with van der Waals surface area (Å²) in [5, 5.41) is 3.16. The molecule has 1 N–H and O–H groups in total. The van der Waals surface area contributed by atoms with E-state index in [0.717, 1.165) is 35.7 Å². The van der Waals surface area contributed by atoms with Gasteiger partial charge < -0.3 is 14.5 Å². The highest BCUT2D eigenvalue weighted by molar-refractivity contribution is 5.77. The Balaban J connectivity index is 1.33. The van der Waals surface area contributed by atoms with Crippen molar-refractivity contribution in [2.75, 3.05) is 7.11 Å². The molecule has 1 unspecified atom stereocenters. The summed E-state index contributed by atoms with van der Waals surface area (Å²) < 4.78 is 11.1. The Kier molecular flexibility index (Phi) is 4.97. The second-order valence-electron chi connectivity index (χ2n) is 6.85. The molecule has 2 aromatic carbocycles. The lowest BCUT2D eigenvalue weighted by Gasteiger charge is -2.13. The molecule has 1 aliphatic carbocycles. The van der Waals surface area contributed by atoms with Crippen LogP contribution in [0.3, 0.4) is 0 Å². The van der Waals surface area contributed by atoms with Gasteiger partial charge in [-0.05, 0) is 60.4 Å². The Labute approximate surface area is 159 Å². The van der Waals surface area contributed by atoms with Crippen LogP contribution in [0, 0.1) is 0 Å². The first-order valence-corrected chi connectivity index (χ1v) is 9.33. The van der Waals surface area contributed by atoms with Crippen molar-refractivity contribution >= 4 is 5.91 Å². The zero-order chi connectivity index (χ0) is 18.6. The summed E-state index contributed by atoms with van der Waals surface area (Å²) in [7, 11) is 1.65. The summed E-state index contributed by atoms with van der Waals surface area (Å²) >= 11 is 0. The quantitative estimate of drug-likeness (QED) is 0.693. The second kappa shape index (κ2) is 7.70. The third-order valence-corrected chi connectivity index (χ3v) is 5.10. The van der Waals surface area contributed by atoms with Crippen molar-refractivity contribution in [1.29, 1.82) is 0 Å². The number of rotatable bonds is 6. The number of amides is 1. The molecule has 4 heteroatoms. The molecule has 0 bridgehead atoms. The zero-order valence-electron chi connectivity index (χ0n) is 15.4. The fourth-order valence-electron chi connectivity index (χ4n) is 3.63. The van der Waals surface area contributed by atoms with Crippen LogP contribution in [0.4, 0.5) is 0 Å². The molecule has 4 rings (SSSR count). The highest BCUT2D eigenvalue weighted by Crippen LogP contribution is 2.31. The number of ether oxygens (including phenoxy) is 1. The van der Waals surface area contributed by atoms with Gasteiger partial charge in [0.05, 0.1) is 13.2 Å². The van der Waals surface area contributed by atoms with E-state index in [-0.39, 0.29) is 11.9 Å². The average Bonchev–Trinajstić information content (AvgIpc) is 3.34. The molecule has 0 saturated carbocycles. The topological polar surface area (TPSA) is 51.5 Å². The molecule has 27 heavy (non-hydrogen) atoms. The van der Waals surface area contributed by atoms with Crippen molar-refractivity contribution in [3.8, 4) is 17.1 Å². The number of carbonyl (C=O) groups excluding carboxylic acids is 1. The lowest BCUT2D eigenvalue weighted by atomic mass is 10.1. The predicted molar refractivity (Wildman–Crippen MR) is 105 cm³/mol. The molecule has 0 saturated heterocycles. The molecule has 3 aromatic rings. The van der Waals surface area contributed by atoms with Crippen LogP contribution in [-0.4, -0.2) is 13.0 Å². The highest BCUT2D eigenvalue weighted by atomic mass is 16.5. The lowest BCUT2D eigenvalue weighted by molar-refractivity contribution is -0.121. The van der Waals surface area contributed by atoms with E-state index in [1.54, 1.807) is 7.11 Å². The fourth-order valence-corrected chi connectivity index (χ4v) is 3.63. The van der Waals surface area contributed by atoms with Gasteiger partial charge in [0.15, 0.2) is 0 Å². The van der Waals surface area contributed by atoms with Crippen LogP contribution in [0.2, 0.25) is 0 Å². The van der Waals surface area contributed by atoms with Gasteiger partial charge >= 0.3 is 0 Å². The molecule has 0 aliphatic heterocycles. The van der Waals surface area contributed by atoms with Crippen LogP contribution in [-0.2, 0) is 17.6 Å². The average molecular weight is 361 g/mol. The highest BCUT2D eigenvalue weighted by Gasteiger charge is 2.23. The van der Waals surface area contributed by atoms with E-state index in [9.17, 15) is 4.79 Å². The van der Waals surface area contributed by atoms with Gasteiger partial charge in [-0.25, -0.2) is 0 Å². The first-order valence-electron chi connectivity index (χ1n) is 9.33. The van der Waals surface area contributed by atoms with Crippen LogP contribution >= 0.6 is 0 Å². The van der Waals surface area contributed by atoms with Gasteiger partial charge in [-0.15, -0.1) is 0 Å². The van der Waals surface area contributed by atoms with Crippen molar-refractivity contribution in [3.63, 3.8) is 0 Å². The Morgan fingerprint density at radius 3 is 2.74 bits per heavy atom. The largest absolute Gasteiger partial charge is 0.497 e. The van der Waals surface area contributed by atoms with E-state index in [1.165, 1.54) is 11.1 Å². The lowest BCUT2D eigenvalue weighted by Crippen LogP contribution is -2.27. The Morgan fingerprint density at radius 1 is 1.11 bits per heavy atom. The van der Waals surface area contributed by atoms with E-state index in [1.807, 2.05) is 42.5 Å². The minimum absolute atomic E-state index is 0.0686. The standard InChI is InChI=1S/C23H23NO3/c1-26-18-9-6-17(7-10-18)22-14-11-19(27-22)12-15-23(25)24-21-13-8-16-4-2-3-5-20(16)21/h2-7,9-11,14,21H,8,12-13,15H2,1H3,(H,24,25). The van der Waals surface area contributed by atoms with Crippen molar-refractivity contribution in [2.24, 2.45) is 0 Å². The van der Waals surface area contributed by atoms with E-state index >= 15 is 0 Å². The van der Waals surface area contributed by atoms with E-state index in [2.05, 4.69) is 23.5 Å². The van der Waals surface area contributed by atoms with E-state index < -0.39 is 0 Å². The summed E-state index contributed by atoms with van der Waals surface area (Å²) in [5.41, 5.74) is 3.60. The van der Waals surface area contributed by atoms with Gasteiger partial charge in [0.2, 0.25) is 5.91 Å². The number of fused-ring (bicyclic) bond motifs is 1. The minimum atomic E-state index is 0.0686. The molecule has 4 nitrogen and oxygen atoms in total. The van der Waals surface area contributed by atoms with E-state index in [0.29, 0.717) is 12.8 Å². The summed E-state index contributed by atoms with van der Waals surface area (Å²) in [5.74, 6) is 2.51. The second-order valence-corrected chi connectivity index (χ2v) is 6.85. The number of hydrogen-bond acceptors (Lipinski definition) is 3. The zero-order valence-corrected chi connectivity index (χ0v) is 15.4. The number of carbonyl (C=O) groups is 1. The Morgan fingerprint density at radius 2 is 1.93 bits per heavy atom. The number of furan rings is 1. The van der Waals surface area contributed by atoms with Gasteiger partial charge in [-0.3, -0.25) is 4.79 Å². The molecule has 138 valence electrons. The molecule has 0 fully saturated rings. The van der Waals surface area contributed by atoms with Crippen LogP contribution in [0.5, 0.6) is 5.75 Å². The molecule has 1 aliphatic rings. The normalized spacial score (nSPS) is 15.4. The Bertz CT molecular complexity index is 927. The molecular formula is C23H23NO3. The van der Waals surface area contributed by atoms with Crippen LogP contribution < -0.4 is 10.1 Å². The summed E-state index contributed by atoms with van der Waals surface area (Å²) in [6.07, 6.45) is 3.03. The van der Waals surface area contributed by atoms with Gasteiger partial charge in [0.25, 0.3) is 0 Å². The van der Waals surface area contributed by atoms with Crippen molar-refractivity contribution in [2.45, 2.75) is 31.7 Å². The number of aryl methyl sites for hydroxylation is 2. The van der Waals surface area contributed by atoms with Gasteiger partial charge in [-0.2, -0.15) is 0 Å². The minimum Gasteiger partial charge on any atom is -0.497 e. The maximum absolute atomic E-state index is 12.4. The molecule has 0 spiro atoms. The summed E-state index contributed by atoms with van der Waals surface area (Å²) in [6, 6.07) is 20.1. The molecule has 1 aromatic heterocycles. The van der Waals surface area contributed by atoms with Crippen LogP contribution in [0.15, 0.2) is 65.1 Å². The number of methoxy groups -OCH3 is 1. The number of benzene rings is 2. The van der Waals surface area contributed by atoms with Crippen LogP contribution in [0.25, 0.3) is 11.3 Å². The molecule has 1 atom stereocenters. The summed E-state index contributed by atoms with van der Waals surface area (Å²) in [4.78, 5) is 12.4. The van der Waals surface area contributed by atoms with Crippen molar-refractivity contribution in [1.82, 2.24) is 5.32 Å². The monoisotopic (exact) mass is 361 g/mol. The van der Waals surface area contributed by atoms with Gasteiger partial charge in [0.1, 0.15) is 17.3 Å². The molecule has 1 amide bonds.